The molecule has 148 valence electrons. The zero-order valence-corrected chi connectivity index (χ0v) is 17.3. The number of Topliss-reactive ketones (excluding diaryl/α,β-unsaturated/α-hetero) is 1. The van der Waals surface area contributed by atoms with Crippen molar-refractivity contribution in [3.8, 4) is 5.75 Å². The number of allylic oxidation sites excluding steroid dienone is 2. The summed E-state index contributed by atoms with van der Waals surface area (Å²) in [6.07, 6.45) is 1.47. The highest BCUT2D eigenvalue weighted by Crippen LogP contribution is 2.35. The molecule has 0 amide bonds. The first-order chi connectivity index (χ1) is 13.9. The summed E-state index contributed by atoms with van der Waals surface area (Å²) in [6, 6.07) is 12.7. The number of carbonyl (C=O) groups is 1. The van der Waals surface area contributed by atoms with E-state index in [1.165, 1.54) is 6.33 Å². The Balaban J connectivity index is 1.57. The highest BCUT2D eigenvalue weighted by Gasteiger charge is 2.31. The van der Waals surface area contributed by atoms with Crippen molar-refractivity contribution in [2.24, 2.45) is 0 Å². The van der Waals surface area contributed by atoms with E-state index in [1.807, 2.05) is 37.3 Å². The minimum Gasteiger partial charge on any atom is -0.489 e. The summed E-state index contributed by atoms with van der Waals surface area (Å²) in [5, 5.41) is 8.44. The van der Waals surface area contributed by atoms with Gasteiger partial charge < -0.3 is 10.1 Å². The Kier molecular flexibility index (Phi) is 5.30. The molecule has 4 rings (SSSR count). The van der Waals surface area contributed by atoms with E-state index in [9.17, 15) is 4.79 Å². The summed E-state index contributed by atoms with van der Waals surface area (Å²) in [6.45, 7) is 3.80. The van der Waals surface area contributed by atoms with Gasteiger partial charge in [0, 0.05) is 11.3 Å². The topological polar surface area (TPSA) is 69.0 Å². The lowest BCUT2D eigenvalue weighted by atomic mass is 9.93. The van der Waals surface area contributed by atoms with Gasteiger partial charge in [0.25, 0.3) is 0 Å². The largest absolute Gasteiger partial charge is 0.489 e. The third-order valence-electron chi connectivity index (χ3n) is 4.76. The summed E-state index contributed by atoms with van der Waals surface area (Å²) in [5.74, 6) is 1.30. The molecule has 1 aliphatic rings. The number of rotatable bonds is 5. The molecule has 3 aromatic rings. The van der Waals surface area contributed by atoms with E-state index in [1.54, 1.807) is 23.7 Å². The third kappa shape index (κ3) is 3.86. The highest BCUT2D eigenvalue weighted by molar-refractivity contribution is 6.42. The second-order valence-corrected chi connectivity index (χ2v) is 7.57. The summed E-state index contributed by atoms with van der Waals surface area (Å²) < 4.78 is 7.57. The zero-order chi connectivity index (χ0) is 20.5. The molecule has 1 aliphatic heterocycles. The Morgan fingerprint density at radius 3 is 2.62 bits per heavy atom. The highest BCUT2D eigenvalue weighted by atomic mass is 35.5. The first kappa shape index (κ1) is 19.5. The van der Waals surface area contributed by atoms with Gasteiger partial charge in [0.15, 0.2) is 5.78 Å². The average Bonchev–Trinajstić information content (AvgIpc) is 3.16. The number of halogens is 2. The maximum atomic E-state index is 12.3. The van der Waals surface area contributed by atoms with Crippen molar-refractivity contribution >= 4 is 34.9 Å². The van der Waals surface area contributed by atoms with Crippen LogP contribution in [0.3, 0.4) is 0 Å². The molecule has 0 saturated heterocycles. The van der Waals surface area contributed by atoms with Crippen molar-refractivity contribution < 1.29 is 9.53 Å². The maximum Gasteiger partial charge on any atom is 0.226 e. The molecule has 29 heavy (non-hydrogen) atoms. The number of carbonyl (C=O) groups excluding carboxylic acids is 1. The molecule has 1 N–H and O–H groups in total. The van der Waals surface area contributed by atoms with Gasteiger partial charge in [-0.3, -0.25) is 4.79 Å². The molecule has 8 heteroatoms. The van der Waals surface area contributed by atoms with Crippen molar-refractivity contribution in [3.63, 3.8) is 0 Å². The van der Waals surface area contributed by atoms with Crippen LogP contribution in [0.4, 0.5) is 5.95 Å². The van der Waals surface area contributed by atoms with Crippen molar-refractivity contribution in [3.05, 3.63) is 81.2 Å². The number of nitrogens with zero attached hydrogens (tertiary/aromatic N) is 3. The molecule has 0 spiro atoms. The molecule has 0 fully saturated rings. The van der Waals surface area contributed by atoms with Crippen molar-refractivity contribution in [2.75, 3.05) is 5.32 Å². The fourth-order valence-corrected chi connectivity index (χ4v) is 3.72. The van der Waals surface area contributed by atoms with E-state index in [0.29, 0.717) is 33.9 Å². The monoisotopic (exact) mass is 428 g/mol. The molecule has 6 nitrogen and oxygen atoms in total. The number of nitrogens with one attached hydrogen (secondary N) is 1. The number of ketones is 1. The molecule has 1 atom stereocenters. The van der Waals surface area contributed by atoms with Crippen LogP contribution in [0.15, 0.2) is 60.1 Å². The van der Waals surface area contributed by atoms with E-state index in [-0.39, 0.29) is 11.8 Å². The second kappa shape index (κ2) is 7.89. The van der Waals surface area contributed by atoms with E-state index in [4.69, 9.17) is 27.9 Å². The van der Waals surface area contributed by atoms with Crippen LogP contribution < -0.4 is 10.1 Å². The van der Waals surface area contributed by atoms with Crippen LogP contribution in [0.5, 0.6) is 5.75 Å². The summed E-state index contributed by atoms with van der Waals surface area (Å²) >= 11 is 12.0. The number of ether oxygens (including phenoxy) is 1. The van der Waals surface area contributed by atoms with E-state index in [0.717, 1.165) is 16.8 Å². The van der Waals surface area contributed by atoms with Gasteiger partial charge in [-0.2, -0.15) is 10.1 Å². The molecule has 1 unspecified atom stereocenters. The van der Waals surface area contributed by atoms with Gasteiger partial charge in [-0.05, 0) is 49.2 Å². The summed E-state index contributed by atoms with van der Waals surface area (Å²) in [5.41, 5.74) is 3.28. The predicted octanol–water partition coefficient (Wildman–Crippen LogP) is 5.04. The second-order valence-electron chi connectivity index (χ2n) is 6.76. The fraction of sp³-hybridized carbons (Fsp3) is 0.190. The normalized spacial score (nSPS) is 15.7. The smallest absolute Gasteiger partial charge is 0.226 e. The van der Waals surface area contributed by atoms with Gasteiger partial charge in [-0.1, -0.05) is 41.4 Å². The van der Waals surface area contributed by atoms with Gasteiger partial charge in [0.05, 0.1) is 10.0 Å². The van der Waals surface area contributed by atoms with Gasteiger partial charge >= 0.3 is 0 Å². The minimum atomic E-state index is -0.338. The molecule has 0 aliphatic carbocycles. The Labute approximate surface area is 178 Å². The molecule has 0 saturated carbocycles. The van der Waals surface area contributed by atoms with Crippen LogP contribution in [-0.2, 0) is 11.4 Å². The summed E-state index contributed by atoms with van der Waals surface area (Å²) in [4.78, 5) is 16.5. The number of aromatic nitrogens is 3. The molecule has 2 aromatic carbocycles. The zero-order valence-electron chi connectivity index (χ0n) is 15.8. The Bertz CT molecular complexity index is 1110. The fourth-order valence-electron chi connectivity index (χ4n) is 3.40. The van der Waals surface area contributed by atoms with Crippen LogP contribution in [-0.4, -0.2) is 20.5 Å². The summed E-state index contributed by atoms with van der Waals surface area (Å²) in [7, 11) is 0. The SMILES string of the molecule is CC(=O)C1=C(C)Nc2ncnn2C1c1ccc(OCc2ccc(Cl)c(Cl)c2)cc1. The Morgan fingerprint density at radius 1 is 1.17 bits per heavy atom. The molecular weight excluding hydrogens is 411 g/mol. The number of benzene rings is 2. The van der Waals surface area contributed by atoms with E-state index in [2.05, 4.69) is 15.4 Å². The number of hydrogen-bond acceptors (Lipinski definition) is 5. The standard InChI is InChI=1S/C21H18Cl2N4O2/c1-12-19(13(2)28)20(27-21(26-12)24-11-25-27)15-4-6-16(7-5-15)29-10-14-3-8-17(22)18(23)9-14/h3-9,11,20H,10H2,1-2H3,(H,24,25,26). The lowest BCUT2D eigenvalue weighted by Gasteiger charge is -2.28. The first-order valence-electron chi connectivity index (χ1n) is 8.99. The van der Waals surface area contributed by atoms with Crippen molar-refractivity contribution in [1.29, 1.82) is 0 Å². The van der Waals surface area contributed by atoms with E-state index < -0.39 is 0 Å². The van der Waals surface area contributed by atoms with Crippen molar-refractivity contribution in [2.45, 2.75) is 26.5 Å². The first-order valence-corrected chi connectivity index (χ1v) is 9.74. The van der Waals surface area contributed by atoms with Gasteiger partial charge in [0.1, 0.15) is 24.7 Å². The lowest BCUT2D eigenvalue weighted by molar-refractivity contribution is -0.114. The van der Waals surface area contributed by atoms with Crippen LogP contribution in [0.1, 0.15) is 31.0 Å². The lowest BCUT2D eigenvalue weighted by Crippen LogP contribution is -2.27. The number of fused-ring (bicyclic) bond motifs is 1. The molecular formula is C21H18Cl2N4O2. The molecule has 0 bridgehead atoms. The van der Waals surface area contributed by atoms with Gasteiger partial charge in [-0.15, -0.1) is 0 Å². The average molecular weight is 429 g/mol. The van der Waals surface area contributed by atoms with Gasteiger partial charge in [-0.25, -0.2) is 4.68 Å². The number of anilines is 1. The Morgan fingerprint density at radius 2 is 1.93 bits per heavy atom. The van der Waals surface area contributed by atoms with Crippen molar-refractivity contribution in [1.82, 2.24) is 14.8 Å². The maximum absolute atomic E-state index is 12.3. The van der Waals surface area contributed by atoms with E-state index >= 15 is 0 Å². The van der Waals surface area contributed by atoms with Crippen LogP contribution in [0.2, 0.25) is 10.0 Å². The molecule has 2 heterocycles. The Hall–Kier alpha value is -2.83. The van der Waals surface area contributed by atoms with Gasteiger partial charge in [0.2, 0.25) is 5.95 Å². The van der Waals surface area contributed by atoms with Crippen LogP contribution >= 0.6 is 23.2 Å². The quantitative estimate of drug-likeness (QED) is 0.615. The van der Waals surface area contributed by atoms with Crippen LogP contribution in [0, 0.1) is 0 Å². The van der Waals surface area contributed by atoms with Crippen LogP contribution in [0.25, 0.3) is 0 Å². The predicted molar refractivity (Wildman–Crippen MR) is 112 cm³/mol. The molecule has 1 aromatic heterocycles. The minimum absolute atomic E-state index is 0.0129. The third-order valence-corrected chi connectivity index (χ3v) is 5.50. The number of hydrogen-bond donors (Lipinski definition) is 1. The molecule has 0 radical (unpaired) electrons.